The number of anilines is 1. The van der Waals surface area contributed by atoms with Gasteiger partial charge >= 0.3 is 0 Å². The number of nitrogens with zero attached hydrogens (tertiary/aromatic N) is 5. The van der Waals surface area contributed by atoms with Gasteiger partial charge in [-0.2, -0.15) is 0 Å². The number of benzene rings is 2. The highest BCUT2D eigenvalue weighted by molar-refractivity contribution is 7.99. The topological polar surface area (TPSA) is 140 Å². The maximum atomic E-state index is 12.7. The highest BCUT2D eigenvalue weighted by atomic mass is 32.2. The van der Waals surface area contributed by atoms with E-state index < -0.39 is 20.9 Å². The number of hydrogen-bond donors (Lipinski definition) is 1. The fourth-order valence-electron chi connectivity index (χ4n) is 2.71. The van der Waals surface area contributed by atoms with Gasteiger partial charge in [0.05, 0.1) is 14.7 Å². The van der Waals surface area contributed by atoms with E-state index in [4.69, 9.17) is 0 Å². The first-order valence-electron chi connectivity index (χ1n) is 9.15. The van der Waals surface area contributed by atoms with Gasteiger partial charge in [0.1, 0.15) is 6.33 Å². The summed E-state index contributed by atoms with van der Waals surface area (Å²) in [5, 5.41) is 22.3. The van der Waals surface area contributed by atoms with E-state index in [9.17, 15) is 23.3 Å². The van der Waals surface area contributed by atoms with Crippen LogP contribution in [0.5, 0.6) is 0 Å². The van der Waals surface area contributed by atoms with E-state index in [1.807, 2.05) is 0 Å². The van der Waals surface area contributed by atoms with Crippen LogP contribution < -0.4 is 5.32 Å². The molecule has 0 radical (unpaired) electrons. The van der Waals surface area contributed by atoms with Crippen LogP contribution in [0.25, 0.3) is 0 Å². The second-order valence-electron chi connectivity index (χ2n) is 6.99. The molecule has 0 saturated heterocycles. The second kappa shape index (κ2) is 9.06. The van der Waals surface area contributed by atoms with Gasteiger partial charge in [-0.25, -0.2) is 12.7 Å². The van der Waals surface area contributed by atoms with Crippen LogP contribution in [0.1, 0.15) is 15.9 Å². The second-order valence-corrected chi connectivity index (χ2v) is 10.1. The molecule has 1 N–H and O–H groups in total. The summed E-state index contributed by atoms with van der Waals surface area (Å²) in [4.78, 5) is 24.1. The highest BCUT2D eigenvalue weighted by Gasteiger charge is 2.22. The van der Waals surface area contributed by atoms with Crippen LogP contribution in [-0.2, 0) is 17.1 Å². The Balaban J connectivity index is 1.89. The van der Waals surface area contributed by atoms with Crippen LogP contribution in [0.2, 0.25) is 0 Å². The zero-order valence-corrected chi connectivity index (χ0v) is 19.3. The molecule has 32 heavy (non-hydrogen) atoms. The number of carbonyl (C=O) groups is 1. The van der Waals surface area contributed by atoms with Crippen LogP contribution in [0, 0.1) is 17.0 Å². The molecule has 2 aromatic carbocycles. The van der Waals surface area contributed by atoms with Crippen molar-refractivity contribution in [1.82, 2.24) is 19.1 Å². The van der Waals surface area contributed by atoms with Gasteiger partial charge in [0.15, 0.2) is 5.16 Å². The summed E-state index contributed by atoms with van der Waals surface area (Å²) in [6.07, 6.45) is 1.47. The van der Waals surface area contributed by atoms with Crippen molar-refractivity contribution in [2.24, 2.45) is 7.05 Å². The molecule has 0 spiro atoms. The number of carbonyl (C=O) groups excluding carboxylic acids is 1. The quantitative estimate of drug-likeness (QED) is 0.405. The normalized spacial score (nSPS) is 11.5. The monoisotopic (exact) mass is 476 g/mol. The van der Waals surface area contributed by atoms with Gasteiger partial charge in [0.25, 0.3) is 11.6 Å². The van der Waals surface area contributed by atoms with Crippen LogP contribution in [-0.4, -0.2) is 52.4 Å². The maximum Gasteiger partial charge on any atom is 0.284 e. The van der Waals surface area contributed by atoms with Gasteiger partial charge in [0.2, 0.25) is 10.0 Å². The Bertz CT molecular complexity index is 1300. The summed E-state index contributed by atoms with van der Waals surface area (Å²) in [5.41, 5.74) is 0.570. The van der Waals surface area contributed by atoms with Crippen molar-refractivity contribution in [3.8, 4) is 0 Å². The van der Waals surface area contributed by atoms with Crippen molar-refractivity contribution < 1.29 is 18.1 Å². The van der Waals surface area contributed by atoms with Gasteiger partial charge in [-0.05, 0) is 48.5 Å². The molecule has 0 aliphatic heterocycles. The minimum absolute atomic E-state index is 0.0524. The number of nitro groups is 1. The smallest absolute Gasteiger partial charge is 0.284 e. The fraction of sp³-hybridized carbons (Fsp3) is 0.211. The lowest BCUT2D eigenvalue weighted by Crippen LogP contribution is -2.23. The number of amides is 1. The van der Waals surface area contributed by atoms with Crippen molar-refractivity contribution in [2.75, 3.05) is 19.4 Å². The summed E-state index contributed by atoms with van der Waals surface area (Å²) in [6, 6.07) is 8.58. The van der Waals surface area contributed by atoms with Crippen molar-refractivity contribution in [1.29, 1.82) is 0 Å². The Morgan fingerprint density at radius 3 is 2.53 bits per heavy atom. The molecule has 0 atom stereocenters. The van der Waals surface area contributed by atoms with E-state index in [0.29, 0.717) is 15.6 Å². The number of rotatable bonds is 7. The number of aryl methyl sites for hydroxylation is 2. The zero-order chi connectivity index (χ0) is 23.6. The number of hydrogen-bond acceptors (Lipinski definition) is 8. The first-order chi connectivity index (χ1) is 15.0. The zero-order valence-electron chi connectivity index (χ0n) is 17.6. The molecule has 168 valence electrons. The minimum Gasteiger partial charge on any atom is -0.322 e. The van der Waals surface area contributed by atoms with Crippen LogP contribution >= 0.6 is 11.8 Å². The Kier molecular flexibility index (Phi) is 6.62. The van der Waals surface area contributed by atoms with E-state index in [-0.39, 0.29) is 21.8 Å². The Hall–Kier alpha value is -3.29. The van der Waals surface area contributed by atoms with Crippen LogP contribution in [0.15, 0.2) is 57.7 Å². The lowest BCUT2D eigenvalue weighted by Gasteiger charge is -2.15. The van der Waals surface area contributed by atoms with E-state index in [0.717, 1.165) is 16.1 Å². The van der Waals surface area contributed by atoms with Crippen molar-refractivity contribution in [3.63, 3.8) is 0 Å². The largest absolute Gasteiger partial charge is 0.322 e. The van der Waals surface area contributed by atoms with Gasteiger partial charge in [-0.3, -0.25) is 14.9 Å². The third-order valence-corrected chi connectivity index (χ3v) is 7.57. The Morgan fingerprint density at radius 2 is 1.94 bits per heavy atom. The molecule has 1 aromatic heterocycles. The standard InChI is InChI=1S/C19H20N6O5S2/c1-12-5-7-14(10-17(12)32(29,30)23(2)3)21-18(26)13-6-8-16(15(9-13)25(27)28)31-19-22-20-11-24(19)4/h5-11H,1-4H3,(H,21,26). The van der Waals surface area contributed by atoms with Crippen molar-refractivity contribution >= 4 is 39.1 Å². The predicted molar refractivity (Wildman–Crippen MR) is 118 cm³/mol. The minimum atomic E-state index is -3.71. The Labute approximate surface area is 188 Å². The van der Waals surface area contributed by atoms with Crippen LogP contribution in [0.3, 0.4) is 0 Å². The van der Waals surface area contributed by atoms with Crippen LogP contribution in [0.4, 0.5) is 11.4 Å². The Morgan fingerprint density at radius 1 is 1.22 bits per heavy atom. The number of sulfonamides is 1. The van der Waals surface area contributed by atoms with E-state index in [1.165, 1.54) is 44.7 Å². The molecule has 11 nitrogen and oxygen atoms in total. The van der Waals surface area contributed by atoms with E-state index in [1.54, 1.807) is 30.7 Å². The molecule has 1 amide bonds. The molecule has 0 unspecified atom stereocenters. The summed E-state index contributed by atoms with van der Waals surface area (Å²) >= 11 is 1.05. The molecule has 1 heterocycles. The molecule has 0 aliphatic rings. The van der Waals surface area contributed by atoms with Crippen molar-refractivity contribution in [2.45, 2.75) is 21.9 Å². The van der Waals surface area contributed by atoms with Gasteiger partial charge in [-0.15, -0.1) is 10.2 Å². The summed E-state index contributed by atoms with van der Waals surface area (Å²) in [5.74, 6) is -0.611. The maximum absolute atomic E-state index is 12.7. The first-order valence-corrected chi connectivity index (χ1v) is 11.4. The summed E-state index contributed by atoms with van der Waals surface area (Å²) in [6.45, 7) is 1.65. The van der Waals surface area contributed by atoms with E-state index in [2.05, 4.69) is 15.5 Å². The number of nitrogens with one attached hydrogen (secondary N) is 1. The highest BCUT2D eigenvalue weighted by Crippen LogP contribution is 2.34. The molecule has 0 aliphatic carbocycles. The fourth-order valence-corrected chi connectivity index (χ4v) is 4.70. The first kappa shape index (κ1) is 23.4. The van der Waals surface area contributed by atoms with Gasteiger partial charge in [-0.1, -0.05) is 6.07 Å². The van der Waals surface area contributed by atoms with Gasteiger partial charge in [0, 0.05) is 38.5 Å². The molecular formula is C19H20N6O5S2. The third-order valence-electron chi connectivity index (χ3n) is 4.49. The lowest BCUT2D eigenvalue weighted by atomic mass is 10.1. The van der Waals surface area contributed by atoms with E-state index >= 15 is 0 Å². The van der Waals surface area contributed by atoms with Crippen molar-refractivity contribution in [3.05, 3.63) is 64.0 Å². The number of aromatic nitrogens is 3. The average molecular weight is 477 g/mol. The average Bonchev–Trinajstić information content (AvgIpc) is 3.13. The van der Waals surface area contributed by atoms with Gasteiger partial charge < -0.3 is 9.88 Å². The summed E-state index contributed by atoms with van der Waals surface area (Å²) < 4.78 is 27.7. The molecule has 0 bridgehead atoms. The summed E-state index contributed by atoms with van der Waals surface area (Å²) in [7, 11) is 0.838. The molecular weight excluding hydrogens is 456 g/mol. The molecule has 3 aromatic rings. The molecule has 13 heteroatoms. The molecule has 3 rings (SSSR count). The molecule has 0 fully saturated rings. The predicted octanol–water partition coefficient (Wildman–Crippen LogP) is 2.69. The SMILES string of the molecule is Cc1ccc(NC(=O)c2ccc(Sc3nncn3C)c([N+](=O)[O-])c2)cc1S(=O)(=O)N(C)C. The lowest BCUT2D eigenvalue weighted by molar-refractivity contribution is -0.387. The number of nitro benzene ring substituents is 1. The molecule has 0 saturated carbocycles. The third kappa shape index (κ3) is 4.79.